The molecule has 14 heavy (non-hydrogen) atoms. The molecule has 0 amide bonds. The highest BCUT2D eigenvalue weighted by Crippen LogP contribution is 2.33. The van der Waals surface area contributed by atoms with Gasteiger partial charge in [0.2, 0.25) is 5.96 Å². The highest BCUT2D eigenvalue weighted by Gasteiger charge is 2.30. The predicted molar refractivity (Wildman–Crippen MR) is 57.7 cm³/mol. The van der Waals surface area contributed by atoms with Crippen molar-refractivity contribution < 1.29 is 0 Å². The van der Waals surface area contributed by atoms with Crippen molar-refractivity contribution in [2.75, 3.05) is 20.1 Å². The Balaban J connectivity index is 1.87. The lowest BCUT2D eigenvalue weighted by Gasteiger charge is -2.25. The minimum atomic E-state index is 0.851. The Morgan fingerprint density at radius 2 is 1.79 bits per heavy atom. The standard InChI is InChI=1S/C10H20N4/c1-12-10(13-11)14(6-8-2-3-8)7-9-4-5-9/h8-9H,2-7,11H2,1H3,(H,12,13). The lowest BCUT2D eigenvalue weighted by molar-refractivity contribution is 0.370. The number of nitrogens with zero attached hydrogens (tertiary/aromatic N) is 2. The van der Waals surface area contributed by atoms with Crippen LogP contribution in [0, 0.1) is 11.8 Å². The Morgan fingerprint density at radius 3 is 2.07 bits per heavy atom. The topological polar surface area (TPSA) is 53.6 Å². The first-order valence-electron chi connectivity index (χ1n) is 5.52. The molecule has 0 aromatic carbocycles. The fourth-order valence-corrected chi connectivity index (χ4v) is 1.77. The van der Waals surface area contributed by atoms with Gasteiger partial charge in [0.05, 0.1) is 0 Å². The van der Waals surface area contributed by atoms with Crippen LogP contribution in [0.15, 0.2) is 4.99 Å². The van der Waals surface area contributed by atoms with E-state index in [2.05, 4.69) is 15.3 Å². The van der Waals surface area contributed by atoms with E-state index >= 15 is 0 Å². The molecule has 80 valence electrons. The fourth-order valence-electron chi connectivity index (χ4n) is 1.77. The molecule has 0 radical (unpaired) electrons. The van der Waals surface area contributed by atoms with Gasteiger partial charge in [-0.15, -0.1) is 0 Å². The first-order chi connectivity index (χ1) is 6.83. The van der Waals surface area contributed by atoms with Crippen molar-refractivity contribution in [2.45, 2.75) is 25.7 Å². The van der Waals surface area contributed by atoms with E-state index < -0.39 is 0 Å². The van der Waals surface area contributed by atoms with Gasteiger partial charge in [-0.2, -0.15) is 0 Å². The Hall–Kier alpha value is -0.770. The zero-order valence-electron chi connectivity index (χ0n) is 8.87. The Morgan fingerprint density at radius 1 is 1.29 bits per heavy atom. The largest absolute Gasteiger partial charge is 0.341 e. The van der Waals surface area contributed by atoms with Crippen molar-refractivity contribution >= 4 is 5.96 Å². The number of aliphatic imine (C=N–C) groups is 1. The third kappa shape index (κ3) is 2.61. The molecule has 2 saturated carbocycles. The van der Waals surface area contributed by atoms with E-state index in [-0.39, 0.29) is 0 Å². The van der Waals surface area contributed by atoms with Gasteiger partial charge in [0.15, 0.2) is 0 Å². The second kappa shape index (κ2) is 4.17. The van der Waals surface area contributed by atoms with E-state index in [9.17, 15) is 0 Å². The van der Waals surface area contributed by atoms with Crippen LogP contribution >= 0.6 is 0 Å². The number of nitrogens with one attached hydrogen (secondary N) is 1. The average molecular weight is 196 g/mol. The Kier molecular flexibility index (Phi) is 2.91. The molecule has 0 spiro atoms. The van der Waals surface area contributed by atoms with Crippen molar-refractivity contribution in [1.29, 1.82) is 0 Å². The molecule has 0 heterocycles. The van der Waals surface area contributed by atoms with Gasteiger partial charge in [-0.05, 0) is 37.5 Å². The highest BCUT2D eigenvalue weighted by molar-refractivity contribution is 5.79. The van der Waals surface area contributed by atoms with Gasteiger partial charge < -0.3 is 4.90 Å². The lowest BCUT2D eigenvalue weighted by atomic mass is 10.3. The summed E-state index contributed by atoms with van der Waals surface area (Å²) >= 11 is 0. The second-order valence-corrected chi connectivity index (χ2v) is 4.48. The van der Waals surface area contributed by atoms with E-state index in [0.29, 0.717) is 0 Å². The minimum absolute atomic E-state index is 0.851. The summed E-state index contributed by atoms with van der Waals surface area (Å²) in [6, 6.07) is 0. The van der Waals surface area contributed by atoms with Gasteiger partial charge in [0, 0.05) is 20.1 Å². The van der Waals surface area contributed by atoms with Crippen molar-refractivity contribution in [1.82, 2.24) is 10.3 Å². The molecule has 0 aliphatic heterocycles. The van der Waals surface area contributed by atoms with Crippen LogP contribution in [0.2, 0.25) is 0 Å². The molecular weight excluding hydrogens is 176 g/mol. The summed E-state index contributed by atoms with van der Waals surface area (Å²) in [6.07, 6.45) is 5.51. The summed E-state index contributed by atoms with van der Waals surface area (Å²) < 4.78 is 0. The monoisotopic (exact) mass is 196 g/mol. The number of nitrogens with two attached hydrogens (primary N) is 1. The van der Waals surface area contributed by atoms with Crippen LogP contribution in [0.5, 0.6) is 0 Å². The van der Waals surface area contributed by atoms with Crippen LogP contribution in [0.4, 0.5) is 0 Å². The summed E-state index contributed by atoms with van der Waals surface area (Å²) in [4.78, 5) is 6.49. The molecule has 0 aromatic heterocycles. The lowest BCUT2D eigenvalue weighted by Crippen LogP contribution is -2.46. The van der Waals surface area contributed by atoms with Crippen LogP contribution in [-0.2, 0) is 0 Å². The summed E-state index contributed by atoms with van der Waals surface area (Å²) in [5, 5.41) is 0. The van der Waals surface area contributed by atoms with Crippen molar-refractivity contribution in [3.8, 4) is 0 Å². The first-order valence-corrected chi connectivity index (χ1v) is 5.52. The molecular formula is C10H20N4. The zero-order valence-corrected chi connectivity index (χ0v) is 8.87. The minimum Gasteiger partial charge on any atom is -0.341 e. The SMILES string of the molecule is CN=C(NN)N(CC1CC1)CC1CC1. The first kappa shape index (κ1) is 9.77. The van der Waals surface area contributed by atoms with Crippen LogP contribution in [0.3, 0.4) is 0 Å². The maximum Gasteiger partial charge on any atom is 0.208 e. The van der Waals surface area contributed by atoms with Gasteiger partial charge in [0.25, 0.3) is 0 Å². The summed E-state index contributed by atoms with van der Waals surface area (Å²) in [5.74, 6) is 8.08. The third-order valence-electron chi connectivity index (χ3n) is 2.99. The molecule has 2 aliphatic carbocycles. The summed E-state index contributed by atoms with van der Waals surface area (Å²) in [7, 11) is 1.79. The van der Waals surface area contributed by atoms with Gasteiger partial charge >= 0.3 is 0 Å². The quantitative estimate of drug-likeness (QED) is 0.299. The molecule has 4 heteroatoms. The Bertz CT molecular complexity index is 204. The van der Waals surface area contributed by atoms with Crippen LogP contribution in [0.1, 0.15) is 25.7 Å². The molecule has 3 N–H and O–H groups in total. The molecule has 2 rings (SSSR count). The molecule has 2 aliphatic rings. The maximum atomic E-state index is 5.45. The number of hydrogen-bond acceptors (Lipinski definition) is 2. The summed E-state index contributed by atoms with van der Waals surface area (Å²) in [6.45, 7) is 2.26. The highest BCUT2D eigenvalue weighted by atomic mass is 15.4. The molecule has 0 unspecified atom stereocenters. The van der Waals surface area contributed by atoms with Crippen molar-refractivity contribution in [2.24, 2.45) is 22.7 Å². The third-order valence-corrected chi connectivity index (χ3v) is 2.99. The van der Waals surface area contributed by atoms with Crippen molar-refractivity contribution in [3.05, 3.63) is 0 Å². The van der Waals surface area contributed by atoms with Crippen LogP contribution in [0.25, 0.3) is 0 Å². The van der Waals surface area contributed by atoms with Crippen molar-refractivity contribution in [3.63, 3.8) is 0 Å². The molecule has 0 bridgehead atoms. The fraction of sp³-hybridized carbons (Fsp3) is 0.900. The molecule has 0 aromatic rings. The van der Waals surface area contributed by atoms with Crippen LogP contribution < -0.4 is 11.3 Å². The van der Waals surface area contributed by atoms with E-state index in [1.807, 2.05) is 0 Å². The number of hydrogen-bond donors (Lipinski definition) is 2. The van der Waals surface area contributed by atoms with E-state index in [4.69, 9.17) is 5.84 Å². The average Bonchev–Trinajstić information content (AvgIpc) is 3.00. The Labute approximate surface area is 85.5 Å². The zero-order chi connectivity index (χ0) is 9.97. The van der Waals surface area contributed by atoms with Gasteiger partial charge in [-0.25, -0.2) is 5.84 Å². The van der Waals surface area contributed by atoms with E-state index in [1.54, 1.807) is 7.05 Å². The summed E-state index contributed by atoms with van der Waals surface area (Å²) in [5.41, 5.74) is 2.69. The normalized spacial score (nSPS) is 22.3. The predicted octanol–water partition coefficient (Wildman–Crippen LogP) is 0.558. The molecule has 2 fully saturated rings. The smallest absolute Gasteiger partial charge is 0.208 e. The molecule has 4 nitrogen and oxygen atoms in total. The van der Waals surface area contributed by atoms with Gasteiger partial charge in [-0.3, -0.25) is 10.4 Å². The van der Waals surface area contributed by atoms with E-state index in [1.165, 1.54) is 25.7 Å². The van der Waals surface area contributed by atoms with Crippen LogP contribution in [-0.4, -0.2) is 31.0 Å². The molecule has 0 atom stereocenters. The second-order valence-electron chi connectivity index (χ2n) is 4.48. The number of guanidine groups is 1. The van der Waals surface area contributed by atoms with E-state index in [0.717, 1.165) is 30.9 Å². The number of hydrazine groups is 1. The molecule has 0 saturated heterocycles. The maximum absolute atomic E-state index is 5.45. The van der Waals surface area contributed by atoms with Gasteiger partial charge in [0.1, 0.15) is 0 Å². The van der Waals surface area contributed by atoms with Gasteiger partial charge in [-0.1, -0.05) is 0 Å². The number of rotatable bonds is 4.